The molecule has 212 valence electrons. The summed E-state index contributed by atoms with van der Waals surface area (Å²) >= 11 is 0. The molecular weight excluding hydrogens is 552 g/mol. The zero-order valence-electron chi connectivity index (χ0n) is 19.0. The van der Waals surface area contributed by atoms with E-state index in [1.54, 1.807) is 5.32 Å². The molecule has 1 atom stereocenters. The highest BCUT2D eigenvalue weighted by Crippen LogP contribution is 2.44. The number of anilines is 1. The van der Waals surface area contributed by atoms with Crippen molar-refractivity contribution in [2.24, 2.45) is 0 Å². The molecule has 2 rings (SSSR count). The summed E-state index contributed by atoms with van der Waals surface area (Å²) in [4.78, 5) is 11.3. The third-order valence-corrected chi connectivity index (χ3v) is 5.29. The van der Waals surface area contributed by atoms with E-state index in [9.17, 15) is 62.6 Å². The molecule has 0 bridgehead atoms. The van der Waals surface area contributed by atoms with Gasteiger partial charge < -0.3 is 15.7 Å². The Morgan fingerprint density at radius 2 is 1.26 bits per heavy atom. The van der Waals surface area contributed by atoms with Gasteiger partial charge in [0.25, 0.3) is 0 Å². The molecule has 3 N–H and O–H groups in total. The maximum atomic E-state index is 13.8. The molecule has 0 fully saturated rings. The van der Waals surface area contributed by atoms with Crippen molar-refractivity contribution in [1.82, 2.24) is 5.32 Å². The monoisotopic (exact) mass is 570 g/mol. The number of nitrogens with one attached hydrogen (secondary N) is 2. The molecule has 0 spiro atoms. The smallest absolute Gasteiger partial charge is 0.381 e. The van der Waals surface area contributed by atoms with Gasteiger partial charge in [-0.2, -0.15) is 52.7 Å². The Labute approximate surface area is 206 Å². The Morgan fingerprint density at radius 3 is 1.68 bits per heavy atom. The van der Waals surface area contributed by atoms with Gasteiger partial charge >= 0.3 is 24.7 Å². The Morgan fingerprint density at radius 1 is 0.763 bits per heavy atom. The Bertz CT molecular complexity index is 1120. The molecule has 1 amide bonds. The van der Waals surface area contributed by atoms with Crippen LogP contribution in [0.3, 0.4) is 0 Å². The molecule has 2 aromatic rings. The first-order chi connectivity index (χ1) is 17.1. The maximum absolute atomic E-state index is 13.8. The highest BCUT2D eigenvalue weighted by atomic mass is 19.4. The van der Waals surface area contributed by atoms with E-state index in [2.05, 4.69) is 5.32 Å². The molecule has 0 unspecified atom stereocenters. The van der Waals surface area contributed by atoms with Gasteiger partial charge in [-0.15, -0.1) is 0 Å². The van der Waals surface area contributed by atoms with Crippen LogP contribution in [0.4, 0.5) is 58.4 Å². The summed E-state index contributed by atoms with van der Waals surface area (Å²) in [6, 6.07) is 0.833. The van der Waals surface area contributed by atoms with Crippen molar-refractivity contribution in [3.05, 3.63) is 64.2 Å². The minimum absolute atomic E-state index is 0.0530. The van der Waals surface area contributed by atoms with Crippen molar-refractivity contribution in [2.45, 2.75) is 50.2 Å². The molecule has 0 aromatic heterocycles. The average molecular weight is 570 g/mol. The first kappa shape index (κ1) is 31.1. The van der Waals surface area contributed by atoms with E-state index in [1.165, 1.54) is 6.92 Å². The van der Waals surface area contributed by atoms with Crippen LogP contribution in [0.5, 0.6) is 0 Å². The van der Waals surface area contributed by atoms with Gasteiger partial charge in [-0.1, -0.05) is 13.0 Å². The van der Waals surface area contributed by atoms with Crippen molar-refractivity contribution in [2.75, 3.05) is 11.9 Å². The molecule has 38 heavy (non-hydrogen) atoms. The lowest BCUT2D eigenvalue weighted by atomic mass is 9.89. The normalized spacial score (nSPS) is 14.7. The van der Waals surface area contributed by atoms with Crippen molar-refractivity contribution in [3.63, 3.8) is 0 Å². The van der Waals surface area contributed by atoms with Gasteiger partial charge in [-0.3, -0.25) is 4.79 Å². The summed E-state index contributed by atoms with van der Waals surface area (Å²) in [5, 5.41) is 14.3. The van der Waals surface area contributed by atoms with E-state index in [4.69, 9.17) is 0 Å². The van der Waals surface area contributed by atoms with Gasteiger partial charge in [-0.05, 0) is 41.5 Å². The number of benzene rings is 2. The summed E-state index contributed by atoms with van der Waals surface area (Å²) in [5.41, 5.74) is -13.1. The Balaban J connectivity index is 2.54. The Hall–Kier alpha value is -3.17. The minimum Gasteiger partial charge on any atom is -0.381 e. The fourth-order valence-corrected chi connectivity index (χ4v) is 3.21. The number of alkyl halides is 12. The standard InChI is InChI=1S/C22H18F12N2O2/c1-2-17(37)35-9-11-3-4-15(8-16(11)21(29,30)31)36-10-18(38,22(32,33)34)12-5-13(19(23,24)25)7-14(6-12)20(26,27)28/h3-8,36,38H,2,9-10H2,1H3,(H,35,37)/t18-/m0/s1. The minimum atomic E-state index is -5.87. The summed E-state index contributed by atoms with van der Waals surface area (Å²) in [5.74, 6) is -0.602. The number of carbonyl (C=O) groups is 1. The summed E-state index contributed by atoms with van der Waals surface area (Å²) in [6.45, 7) is -1.02. The van der Waals surface area contributed by atoms with Gasteiger partial charge in [-0.25, -0.2) is 0 Å². The van der Waals surface area contributed by atoms with Gasteiger partial charge in [0, 0.05) is 18.7 Å². The molecule has 0 aliphatic heterocycles. The van der Waals surface area contributed by atoms with Crippen LogP contribution in [-0.2, 0) is 35.5 Å². The fraction of sp³-hybridized carbons (Fsp3) is 0.409. The SMILES string of the molecule is CCC(=O)NCc1ccc(NC[C@](O)(c2cc(C(F)(F)F)cc(C(F)(F)F)c2)C(F)(F)F)cc1C(F)(F)F. The van der Waals surface area contributed by atoms with Gasteiger partial charge in [0.15, 0.2) is 0 Å². The second-order valence-corrected chi connectivity index (χ2v) is 8.01. The van der Waals surface area contributed by atoms with Gasteiger partial charge in [0.1, 0.15) is 0 Å². The predicted octanol–water partition coefficient (Wildman–Crippen LogP) is 6.63. The van der Waals surface area contributed by atoms with E-state index >= 15 is 0 Å². The second-order valence-electron chi connectivity index (χ2n) is 8.01. The van der Waals surface area contributed by atoms with Crippen LogP contribution < -0.4 is 10.6 Å². The molecule has 2 aromatic carbocycles. The lowest BCUT2D eigenvalue weighted by Crippen LogP contribution is -2.48. The van der Waals surface area contributed by atoms with Crippen LogP contribution in [0.1, 0.15) is 41.2 Å². The third kappa shape index (κ3) is 7.23. The zero-order chi connectivity index (χ0) is 29.3. The molecule has 0 aliphatic carbocycles. The van der Waals surface area contributed by atoms with Crippen LogP contribution in [0.15, 0.2) is 36.4 Å². The van der Waals surface area contributed by atoms with Crippen molar-refractivity contribution in [3.8, 4) is 0 Å². The van der Waals surface area contributed by atoms with Crippen LogP contribution in [0, 0.1) is 0 Å². The predicted molar refractivity (Wildman–Crippen MR) is 108 cm³/mol. The average Bonchev–Trinajstić information content (AvgIpc) is 2.78. The van der Waals surface area contributed by atoms with Gasteiger partial charge in [0.2, 0.25) is 11.5 Å². The van der Waals surface area contributed by atoms with Crippen LogP contribution >= 0.6 is 0 Å². The van der Waals surface area contributed by atoms with Crippen molar-refractivity contribution < 1.29 is 62.6 Å². The molecule has 0 aliphatic rings. The summed E-state index contributed by atoms with van der Waals surface area (Å²) in [6.07, 6.45) is -22.0. The van der Waals surface area contributed by atoms with E-state index in [1.807, 2.05) is 0 Å². The first-order valence-electron chi connectivity index (χ1n) is 10.4. The zero-order valence-corrected chi connectivity index (χ0v) is 19.0. The second kappa shape index (κ2) is 10.5. The largest absolute Gasteiger partial charge is 0.423 e. The van der Waals surface area contributed by atoms with E-state index in [0.29, 0.717) is 6.07 Å². The highest BCUT2D eigenvalue weighted by Gasteiger charge is 2.56. The van der Waals surface area contributed by atoms with E-state index in [-0.39, 0.29) is 18.6 Å². The lowest BCUT2D eigenvalue weighted by Gasteiger charge is -2.32. The number of hydrogen-bond acceptors (Lipinski definition) is 3. The lowest BCUT2D eigenvalue weighted by molar-refractivity contribution is -0.261. The van der Waals surface area contributed by atoms with Crippen LogP contribution in [0.25, 0.3) is 0 Å². The number of hydrogen-bond donors (Lipinski definition) is 3. The molecule has 0 radical (unpaired) electrons. The molecule has 0 saturated heterocycles. The van der Waals surface area contributed by atoms with Crippen molar-refractivity contribution in [1.29, 1.82) is 0 Å². The molecule has 4 nitrogen and oxygen atoms in total. The first-order valence-corrected chi connectivity index (χ1v) is 10.4. The summed E-state index contributed by atoms with van der Waals surface area (Å²) < 4.78 is 161. The number of halogens is 12. The Kier molecular flexibility index (Phi) is 8.61. The van der Waals surface area contributed by atoms with Gasteiger partial charge in [0.05, 0.1) is 23.2 Å². The third-order valence-electron chi connectivity index (χ3n) is 5.29. The van der Waals surface area contributed by atoms with Crippen molar-refractivity contribution >= 4 is 11.6 Å². The molecule has 0 heterocycles. The van der Waals surface area contributed by atoms with E-state index < -0.39 is 88.9 Å². The number of aliphatic hydroxyl groups is 1. The topological polar surface area (TPSA) is 61.4 Å². The number of carbonyl (C=O) groups excluding carboxylic acids is 1. The van der Waals surface area contributed by atoms with Crippen LogP contribution in [0.2, 0.25) is 0 Å². The molecular formula is C22H18F12N2O2. The highest BCUT2D eigenvalue weighted by molar-refractivity contribution is 5.75. The quantitative estimate of drug-likeness (QED) is 0.328. The fourth-order valence-electron chi connectivity index (χ4n) is 3.21. The summed E-state index contributed by atoms with van der Waals surface area (Å²) in [7, 11) is 0. The molecule has 16 heteroatoms. The van der Waals surface area contributed by atoms with E-state index in [0.717, 1.165) is 12.1 Å². The maximum Gasteiger partial charge on any atom is 0.423 e. The molecule has 0 saturated carbocycles. The van der Waals surface area contributed by atoms with Crippen LogP contribution in [-0.4, -0.2) is 23.7 Å². The number of rotatable bonds is 7. The number of amides is 1.